The molecule has 0 fully saturated rings. The van der Waals surface area contributed by atoms with Crippen molar-refractivity contribution < 1.29 is 48.5 Å². The van der Waals surface area contributed by atoms with Crippen LogP contribution in [0.25, 0.3) is 0 Å². The van der Waals surface area contributed by atoms with Crippen LogP contribution in [-0.2, 0) is 30.4 Å². The molecule has 170 valence electrons. The third-order valence-electron chi connectivity index (χ3n) is 3.46. The molecule has 5 N–H and O–H groups in total. The lowest BCUT2D eigenvalue weighted by Gasteiger charge is -2.10. The van der Waals surface area contributed by atoms with E-state index in [4.69, 9.17) is 9.11 Å². The summed E-state index contributed by atoms with van der Waals surface area (Å²) in [6.45, 7) is -0.377. The number of benzene rings is 1. The molecule has 0 heterocycles. The molecule has 0 saturated carbocycles. The molecule has 0 bridgehead atoms. The van der Waals surface area contributed by atoms with Gasteiger partial charge in [0.1, 0.15) is 0 Å². The van der Waals surface area contributed by atoms with Gasteiger partial charge in [-0.2, -0.15) is 25.3 Å². The number of amides is 2. The minimum absolute atomic E-state index is 0.135. The Morgan fingerprint density at radius 3 is 1.37 bits per heavy atom. The van der Waals surface area contributed by atoms with Crippen molar-refractivity contribution >= 4 is 42.2 Å². The number of carbonyl (C=O) groups excluding carboxylic acids is 2. The Hall–Kier alpha value is -2.11. The summed E-state index contributed by atoms with van der Waals surface area (Å²) in [5.74, 6) is -2.99. The molecule has 1 aromatic rings. The molecule has 0 spiro atoms. The van der Waals surface area contributed by atoms with Crippen LogP contribution in [0, 0.1) is 0 Å². The van der Waals surface area contributed by atoms with Gasteiger partial charge in [0.25, 0.3) is 42.2 Å². The molecule has 0 aliphatic heterocycles. The lowest BCUT2D eigenvalue weighted by Crippen LogP contribution is -2.28. The average Bonchev–Trinajstić information content (AvgIpc) is 2.59. The maximum atomic E-state index is 12.2. The molecule has 0 atom stereocenters. The number of hydrogen-bond donors (Lipinski definition) is 5. The molecule has 1 rings (SSSR count). The highest BCUT2D eigenvalue weighted by Crippen LogP contribution is 2.16. The first-order valence-electron chi connectivity index (χ1n) is 8.18. The number of nitrogens with one attached hydrogen (secondary N) is 2. The molecule has 0 saturated heterocycles. The molecule has 1 aromatic carbocycles. The van der Waals surface area contributed by atoms with Crippen LogP contribution in [0.2, 0.25) is 0 Å². The van der Waals surface area contributed by atoms with Gasteiger partial charge in [-0.1, -0.05) is 0 Å². The third kappa shape index (κ3) is 10.1. The van der Waals surface area contributed by atoms with Gasteiger partial charge in [0.15, 0.2) is 0 Å². The Morgan fingerprint density at radius 1 is 0.700 bits per heavy atom. The van der Waals surface area contributed by atoms with E-state index >= 15 is 0 Å². The summed E-state index contributed by atoms with van der Waals surface area (Å²) >= 11 is 0. The highest BCUT2D eigenvalue weighted by atomic mass is 32.2. The zero-order valence-electron chi connectivity index (χ0n) is 15.3. The van der Waals surface area contributed by atoms with Gasteiger partial charge >= 0.3 is 0 Å². The SMILES string of the molecule is O=C(NCCCS(=O)(=O)O)c1cc(C(=O)NCCCS(=O)(=O)O)cc(S(=O)(=O)O)c1. The molecular formula is C14H20N2O11S3. The molecule has 0 aliphatic carbocycles. The van der Waals surface area contributed by atoms with Crippen LogP contribution in [0.4, 0.5) is 0 Å². The van der Waals surface area contributed by atoms with Crippen molar-refractivity contribution in [1.82, 2.24) is 10.6 Å². The van der Waals surface area contributed by atoms with Gasteiger partial charge in [0.2, 0.25) is 0 Å². The minimum Gasteiger partial charge on any atom is -0.352 e. The summed E-state index contributed by atoms with van der Waals surface area (Å²) in [6, 6.07) is 2.59. The van der Waals surface area contributed by atoms with E-state index in [-0.39, 0.29) is 37.1 Å². The van der Waals surface area contributed by atoms with E-state index in [1.807, 2.05) is 0 Å². The van der Waals surface area contributed by atoms with Crippen molar-refractivity contribution in [3.63, 3.8) is 0 Å². The Labute approximate surface area is 173 Å². The molecule has 30 heavy (non-hydrogen) atoms. The zero-order valence-corrected chi connectivity index (χ0v) is 17.8. The second kappa shape index (κ2) is 10.3. The predicted molar refractivity (Wildman–Crippen MR) is 103 cm³/mol. The van der Waals surface area contributed by atoms with Crippen LogP contribution < -0.4 is 10.6 Å². The normalized spacial score (nSPS) is 12.4. The summed E-state index contributed by atoms with van der Waals surface area (Å²) < 4.78 is 91.9. The van der Waals surface area contributed by atoms with Crippen molar-refractivity contribution in [2.45, 2.75) is 17.7 Å². The smallest absolute Gasteiger partial charge is 0.294 e. The lowest BCUT2D eigenvalue weighted by atomic mass is 10.1. The number of hydrogen-bond acceptors (Lipinski definition) is 8. The van der Waals surface area contributed by atoms with E-state index in [0.717, 1.165) is 18.2 Å². The van der Waals surface area contributed by atoms with Crippen molar-refractivity contribution in [2.24, 2.45) is 0 Å². The largest absolute Gasteiger partial charge is 0.352 e. The summed E-state index contributed by atoms with van der Waals surface area (Å²) in [7, 11) is -13.2. The van der Waals surface area contributed by atoms with E-state index in [9.17, 15) is 39.4 Å². The van der Waals surface area contributed by atoms with Gasteiger partial charge in [-0.3, -0.25) is 23.2 Å². The van der Waals surface area contributed by atoms with Crippen LogP contribution >= 0.6 is 0 Å². The van der Waals surface area contributed by atoms with Gasteiger partial charge in [-0.15, -0.1) is 0 Å². The second-order valence-corrected chi connectivity index (χ2v) is 10.6. The lowest BCUT2D eigenvalue weighted by molar-refractivity contribution is 0.0953. The molecule has 0 radical (unpaired) electrons. The van der Waals surface area contributed by atoms with E-state index in [1.54, 1.807) is 0 Å². The van der Waals surface area contributed by atoms with Gasteiger partial charge in [0, 0.05) is 24.2 Å². The monoisotopic (exact) mass is 488 g/mol. The fourth-order valence-electron chi connectivity index (χ4n) is 2.13. The second-order valence-electron chi connectivity index (χ2n) is 6.01. The van der Waals surface area contributed by atoms with Crippen molar-refractivity contribution in [1.29, 1.82) is 0 Å². The van der Waals surface area contributed by atoms with Gasteiger partial charge in [-0.25, -0.2) is 0 Å². The molecule has 0 aliphatic rings. The zero-order chi connectivity index (χ0) is 23.2. The molecule has 16 heteroatoms. The first kappa shape index (κ1) is 25.9. The van der Waals surface area contributed by atoms with E-state index in [0.29, 0.717) is 0 Å². The quantitative estimate of drug-likeness (QED) is 0.187. The molecule has 0 unspecified atom stereocenters. The summed E-state index contributed by atoms with van der Waals surface area (Å²) in [5, 5.41) is 4.54. The standard InChI is InChI=1S/C14H20N2O11S3/c17-13(15-3-1-5-28(19,20)21)10-7-11(9-12(8-10)30(25,26)27)14(18)16-4-2-6-29(22,23)24/h7-9H,1-6H2,(H,15,17)(H,16,18)(H,19,20,21)(H,22,23,24)(H,25,26,27). The van der Waals surface area contributed by atoms with Crippen LogP contribution in [0.3, 0.4) is 0 Å². The average molecular weight is 489 g/mol. The van der Waals surface area contributed by atoms with Gasteiger partial charge < -0.3 is 10.6 Å². The Morgan fingerprint density at radius 2 is 1.07 bits per heavy atom. The maximum Gasteiger partial charge on any atom is 0.294 e. The van der Waals surface area contributed by atoms with Crippen LogP contribution in [0.15, 0.2) is 23.1 Å². The van der Waals surface area contributed by atoms with Gasteiger partial charge in [-0.05, 0) is 31.0 Å². The summed E-state index contributed by atoms with van der Waals surface area (Å²) in [6.07, 6.45) is -0.270. The highest BCUT2D eigenvalue weighted by Gasteiger charge is 2.19. The molecule has 0 aromatic heterocycles. The first-order chi connectivity index (χ1) is 13.6. The first-order valence-corrected chi connectivity index (χ1v) is 12.8. The molecule has 2 amide bonds. The molecular weight excluding hydrogens is 468 g/mol. The predicted octanol–water partition coefficient (Wildman–Crippen LogP) is -1.05. The van der Waals surface area contributed by atoms with Crippen molar-refractivity contribution in [3.8, 4) is 0 Å². The minimum atomic E-state index is -4.79. The summed E-state index contributed by atoms with van der Waals surface area (Å²) in [5.41, 5.74) is -0.667. The van der Waals surface area contributed by atoms with Crippen LogP contribution in [0.5, 0.6) is 0 Å². The Bertz CT molecular complexity index is 1040. The Balaban J connectivity index is 2.95. The Kier molecular flexibility index (Phi) is 8.88. The van der Waals surface area contributed by atoms with Crippen LogP contribution in [-0.4, -0.2) is 75.3 Å². The molecule has 13 nitrogen and oxygen atoms in total. The van der Waals surface area contributed by atoms with Crippen LogP contribution in [0.1, 0.15) is 33.6 Å². The summed E-state index contributed by atoms with van der Waals surface area (Å²) in [4.78, 5) is 23.6. The van der Waals surface area contributed by atoms with E-state index < -0.39 is 58.6 Å². The maximum absolute atomic E-state index is 12.2. The number of rotatable bonds is 11. The fourth-order valence-corrected chi connectivity index (χ4v) is 3.70. The van der Waals surface area contributed by atoms with Crippen molar-refractivity contribution in [3.05, 3.63) is 29.3 Å². The van der Waals surface area contributed by atoms with E-state index in [1.165, 1.54) is 0 Å². The van der Waals surface area contributed by atoms with Crippen molar-refractivity contribution in [2.75, 3.05) is 24.6 Å². The van der Waals surface area contributed by atoms with E-state index in [2.05, 4.69) is 10.6 Å². The number of carbonyl (C=O) groups is 2. The third-order valence-corrected chi connectivity index (χ3v) is 5.90. The van der Waals surface area contributed by atoms with Gasteiger partial charge in [0.05, 0.1) is 16.4 Å². The fraction of sp³-hybridized carbons (Fsp3) is 0.429. The highest BCUT2D eigenvalue weighted by molar-refractivity contribution is 7.86. The topological polar surface area (TPSA) is 221 Å².